The highest BCUT2D eigenvalue weighted by Gasteiger charge is 2.15. The van der Waals surface area contributed by atoms with E-state index in [2.05, 4.69) is 15.1 Å². The van der Waals surface area contributed by atoms with Crippen LogP contribution in [0.25, 0.3) is 10.6 Å². The number of hydrogen-bond acceptors (Lipinski definition) is 5. The largest absolute Gasteiger partial charge is 0.379 e. The van der Waals surface area contributed by atoms with Gasteiger partial charge >= 0.3 is 0 Å². The summed E-state index contributed by atoms with van der Waals surface area (Å²) in [7, 11) is 0. The fourth-order valence-electron chi connectivity index (χ4n) is 2.19. The molecule has 0 aliphatic carbocycles. The Morgan fingerprint density at radius 3 is 3.00 bits per heavy atom. The summed E-state index contributed by atoms with van der Waals surface area (Å²) < 4.78 is 5.34. The van der Waals surface area contributed by atoms with Crippen molar-refractivity contribution in [3.8, 4) is 10.6 Å². The lowest BCUT2D eigenvalue weighted by Crippen LogP contribution is -2.36. The molecule has 2 aromatic heterocycles. The Morgan fingerprint density at radius 2 is 2.26 bits per heavy atom. The Labute approximate surface area is 114 Å². The Morgan fingerprint density at radius 1 is 1.42 bits per heavy atom. The van der Waals surface area contributed by atoms with Gasteiger partial charge in [-0.15, -0.1) is 11.3 Å². The number of morpholine rings is 1. The quantitative estimate of drug-likeness (QED) is 0.919. The van der Waals surface area contributed by atoms with E-state index in [1.54, 1.807) is 17.4 Å². The van der Waals surface area contributed by atoms with Gasteiger partial charge < -0.3 is 4.74 Å². The minimum Gasteiger partial charge on any atom is -0.379 e. The highest BCUT2D eigenvalue weighted by atomic mass is 32.1. The number of aromatic amines is 1. The molecule has 1 N–H and O–H groups in total. The summed E-state index contributed by atoms with van der Waals surface area (Å²) >= 11 is 1.63. The summed E-state index contributed by atoms with van der Waals surface area (Å²) in [5, 5.41) is 8.74. The molecule has 1 aliphatic heterocycles. The van der Waals surface area contributed by atoms with Gasteiger partial charge in [-0.2, -0.15) is 5.10 Å². The molecule has 0 spiro atoms. The minimum absolute atomic E-state index is 0.149. The molecule has 0 radical (unpaired) electrons. The molecule has 0 bridgehead atoms. The normalized spacial score (nSPS) is 16.6. The molecule has 0 atom stereocenters. The lowest BCUT2D eigenvalue weighted by molar-refractivity contribution is 0.0342. The van der Waals surface area contributed by atoms with Gasteiger partial charge in [0, 0.05) is 31.3 Å². The van der Waals surface area contributed by atoms with Crippen molar-refractivity contribution in [1.29, 1.82) is 0 Å². The number of rotatable bonds is 3. The second-order valence-electron chi connectivity index (χ2n) is 4.47. The minimum atomic E-state index is -0.149. The van der Waals surface area contributed by atoms with Crippen LogP contribution >= 0.6 is 11.3 Å². The summed E-state index contributed by atoms with van der Waals surface area (Å²) in [4.78, 5) is 14.9. The molecular weight excluding hydrogens is 262 g/mol. The van der Waals surface area contributed by atoms with Gasteiger partial charge in [0.05, 0.1) is 18.1 Å². The highest BCUT2D eigenvalue weighted by Crippen LogP contribution is 2.25. The van der Waals surface area contributed by atoms with E-state index in [0.717, 1.165) is 49.0 Å². The number of H-pyrrole nitrogens is 1. The first-order chi connectivity index (χ1) is 9.33. The molecule has 1 fully saturated rings. The molecule has 1 aliphatic rings. The fourth-order valence-corrected chi connectivity index (χ4v) is 2.94. The number of aromatic nitrogens is 2. The molecule has 3 rings (SSSR count). The Kier molecular flexibility index (Phi) is 3.72. The number of hydrogen-bond donors (Lipinski definition) is 1. The third kappa shape index (κ3) is 2.91. The molecule has 6 heteroatoms. The van der Waals surface area contributed by atoms with Gasteiger partial charge in [-0.1, -0.05) is 6.07 Å². The van der Waals surface area contributed by atoms with E-state index in [-0.39, 0.29) is 5.56 Å². The number of nitrogens with zero attached hydrogens (tertiary/aromatic N) is 2. The van der Waals surface area contributed by atoms with E-state index in [0.29, 0.717) is 0 Å². The summed E-state index contributed by atoms with van der Waals surface area (Å²) in [6, 6.07) is 5.66. The topological polar surface area (TPSA) is 58.2 Å². The number of ether oxygens (including phenoxy) is 1. The first-order valence-corrected chi connectivity index (χ1v) is 7.13. The highest BCUT2D eigenvalue weighted by molar-refractivity contribution is 7.13. The van der Waals surface area contributed by atoms with Crippen LogP contribution in [-0.4, -0.2) is 41.4 Å². The molecule has 0 amide bonds. The van der Waals surface area contributed by atoms with Crippen molar-refractivity contribution in [3.63, 3.8) is 0 Å². The van der Waals surface area contributed by atoms with Crippen LogP contribution in [0.1, 0.15) is 5.56 Å². The molecule has 0 unspecified atom stereocenters. The third-order valence-electron chi connectivity index (χ3n) is 3.14. The predicted molar refractivity (Wildman–Crippen MR) is 74.3 cm³/mol. The van der Waals surface area contributed by atoms with E-state index in [9.17, 15) is 4.79 Å². The Hall–Kier alpha value is -1.50. The summed E-state index contributed by atoms with van der Waals surface area (Å²) in [6.07, 6.45) is 0. The number of nitrogens with one attached hydrogen (secondary N) is 1. The third-order valence-corrected chi connectivity index (χ3v) is 4.02. The second-order valence-corrected chi connectivity index (χ2v) is 5.42. The average Bonchev–Trinajstić information content (AvgIpc) is 2.94. The molecule has 1 saturated heterocycles. The molecule has 100 valence electrons. The van der Waals surface area contributed by atoms with E-state index in [4.69, 9.17) is 4.74 Å². The Bertz CT molecular complexity index is 588. The maximum Gasteiger partial charge on any atom is 0.264 e. The smallest absolute Gasteiger partial charge is 0.264 e. The van der Waals surface area contributed by atoms with Crippen LogP contribution in [0.5, 0.6) is 0 Å². The van der Waals surface area contributed by atoms with Gasteiger partial charge in [0.25, 0.3) is 5.56 Å². The molecule has 0 saturated carbocycles. The van der Waals surface area contributed by atoms with Crippen molar-refractivity contribution in [2.45, 2.75) is 6.54 Å². The first kappa shape index (κ1) is 12.5. The zero-order chi connectivity index (χ0) is 13.1. The fraction of sp³-hybridized carbons (Fsp3) is 0.385. The van der Waals surface area contributed by atoms with Crippen molar-refractivity contribution in [2.75, 3.05) is 26.3 Å². The first-order valence-electron chi connectivity index (χ1n) is 6.25. The van der Waals surface area contributed by atoms with Gasteiger partial charge in [0.2, 0.25) is 0 Å². The maximum absolute atomic E-state index is 11.5. The van der Waals surface area contributed by atoms with Gasteiger partial charge in [-0.05, 0) is 11.4 Å². The predicted octanol–water partition coefficient (Wildman–Crippen LogP) is 1.33. The molecule has 5 nitrogen and oxygen atoms in total. The van der Waals surface area contributed by atoms with E-state index in [1.165, 1.54) is 0 Å². The molecule has 3 heterocycles. The summed E-state index contributed by atoms with van der Waals surface area (Å²) in [5.74, 6) is 0. The molecule has 2 aromatic rings. The van der Waals surface area contributed by atoms with E-state index < -0.39 is 0 Å². The summed E-state index contributed by atoms with van der Waals surface area (Å²) in [6.45, 7) is 4.05. The van der Waals surface area contributed by atoms with Crippen LogP contribution in [0, 0.1) is 0 Å². The van der Waals surface area contributed by atoms with Crippen LogP contribution in [0.3, 0.4) is 0 Å². The van der Waals surface area contributed by atoms with E-state index in [1.807, 2.05) is 17.5 Å². The van der Waals surface area contributed by atoms with Crippen LogP contribution < -0.4 is 5.56 Å². The van der Waals surface area contributed by atoms with Gasteiger partial charge in [-0.25, -0.2) is 5.10 Å². The van der Waals surface area contributed by atoms with Crippen molar-refractivity contribution in [3.05, 3.63) is 39.5 Å². The molecular formula is C13H15N3O2S. The Balaban J connectivity index is 1.90. The van der Waals surface area contributed by atoms with Crippen LogP contribution in [0.2, 0.25) is 0 Å². The summed E-state index contributed by atoms with van der Waals surface area (Å²) in [5.41, 5.74) is 1.71. The lowest BCUT2D eigenvalue weighted by Gasteiger charge is -2.26. The number of thiophene rings is 1. The zero-order valence-corrected chi connectivity index (χ0v) is 11.3. The van der Waals surface area contributed by atoms with Gasteiger partial charge in [0.15, 0.2) is 0 Å². The monoisotopic (exact) mass is 277 g/mol. The van der Waals surface area contributed by atoms with Gasteiger partial charge in [-0.3, -0.25) is 9.69 Å². The van der Waals surface area contributed by atoms with Gasteiger partial charge in [0.1, 0.15) is 5.69 Å². The molecule has 0 aromatic carbocycles. The van der Waals surface area contributed by atoms with Crippen LogP contribution in [0.15, 0.2) is 28.4 Å². The molecule has 19 heavy (non-hydrogen) atoms. The van der Waals surface area contributed by atoms with Crippen molar-refractivity contribution >= 4 is 11.3 Å². The maximum atomic E-state index is 11.5. The zero-order valence-electron chi connectivity index (χ0n) is 10.5. The van der Waals surface area contributed by atoms with E-state index >= 15 is 0 Å². The lowest BCUT2D eigenvalue weighted by atomic mass is 10.1. The van der Waals surface area contributed by atoms with Crippen LogP contribution in [-0.2, 0) is 11.3 Å². The van der Waals surface area contributed by atoms with Crippen molar-refractivity contribution in [2.24, 2.45) is 0 Å². The van der Waals surface area contributed by atoms with Crippen LogP contribution in [0.4, 0.5) is 0 Å². The average molecular weight is 277 g/mol. The second kappa shape index (κ2) is 5.64. The SMILES string of the molecule is O=c1cc(CN2CCOCC2)c(-c2cccs2)n[nH]1. The standard InChI is InChI=1S/C13H15N3O2S/c17-12-8-10(9-16-3-5-18-6-4-16)13(15-14-12)11-2-1-7-19-11/h1-2,7-8H,3-6,9H2,(H,14,17). The van der Waals surface area contributed by atoms with Crippen molar-refractivity contribution in [1.82, 2.24) is 15.1 Å². The van der Waals surface area contributed by atoms with Crippen molar-refractivity contribution < 1.29 is 4.74 Å².